The highest BCUT2D eigenvalue weighted by Gasteiger charge is 2.41. The molecule has 0 saturated heterocycles. The van der Waals surface area contributed by atoms with E-state index in [2.05, 4.69) is 133 Å². The standard InChI is InChI=1S/C23H29ClN2O5S.C20H26N4O4S.C18H22N6O4S.C17H19ClN6O4S/c1-23(2)12-14(20-4-3-16(24)9-21(20)23)7-17-10-18(5-6-26-17)31-19-8-15(22(27)11-19)13-30-32(25,28)29;21-29(26,27)28-11-15-7-13(9-19(15)25)8-16-10-20(23-12-22-16)24-18-6-5-14-3-1-2-4-17(14)18;1-24-15-16(22-13-7-12(14(25)8-13)9-28-29(19,26)27)20-10-21-17(15)23-18(24)11-5-3-2-4-6-11;18-12-4-2-1-3-11(12)15-23-14-16(20-8-21-17(14)24-15)22-10-5-9(13(25)6-10)7-28-29(19,26)27/h3-6,9-10,14-15,19,22,27H,7-8,11-13H2,1-2H3,(H2,25,28,29);1-4,10,12-13,15,18-19,25H,5-9,11H2,(H2,21,26,27)(H,22,23,24);2-6,10,12-14,25H,7-9H2,1H3,(H2,19,26,27)(H,20,21,22);1-4,8-10,13,25H,5-7H2,(H2,19,26,27)(H2,20,21,22,23,24)/t14-,15-,19+,22-;13-,15-,18-,19-;12-,13+,14-;9-,10+,13-/m0000/s1. The number of aryl methyl sites for hydroxylation is 2. The molecule has 4 fully saturated rings. The Balaban J connectivity index is 0.000000137. The van der Waals surface area contributed by atoms with Crippen molar-refractivity contribution in [3.63, 3.8) is 0 Å². The molecule has 6 aromatic heterocycles. The van der Waals surface area contributed by atoms with Crippen molar-refractivity contribution in [2.75, 3.05) is 42.4 Å². The summed E-state index contributed by atoms with van der Waals surface area (Å²) in [5.41, 5.74) is 11.4. The molecular formula is C78H96Cl2N18O17S4. The van der Waals surface area contributed by atoms with Crippen LogP contribution in [0.25, 0.3) is 45.1 Å². The summed E-state index contributed by atoms with van der Waals surface area (Å²) >= 11 is 12.5. The van der Waals surface area contributed by atoms with Crippen LogP contribution in [0.15, 0.2) is 140 Å². The molecule has 35 nitrogen and oxygen atoms in total. The number of aliphatic hydroxyl groups excluding tert-OH is 4. The van der Waals surface area contributed by atoms with Crippen LogP contribution in [0.5, 0.6) is 5.75 Å². The normalized spacial score (nSPS) is 24.5. The average molecular weight is 1760 g/mol. The summed E-state index contributed by atoms with van der Waals surface area (Å²) in [6, 6.07) is 37.5. The van der Waals surface area contributed by atoms with Crippen molar-refractivity contribution in [1.29, 1.82) is 0 Å². The van der Waals surface area contributed by atoms with Gasteiger partial charge in [-0.25, -0.2) is 60.4 Å². The fraction of sp³-hybridized carbons (Fsp3) is 0.449. The third-order valence-corrected chi connectivity index (χ3v) is 24.9. The third-order valence-electron chi connectivity index (χ3n) is 22.4. The first kappa shape index (κ1) is 88.1. The summed E-state index contributed by atoms with van der Waals surface area (Å²) in [5.74, 6) is 3.24. The lowest BCUT2D eigenvalue weighted by Gasteiger charge is -2.19. The Labute approximate surface area is 699 Å². The number of fused-ring (bicyclic) bond motifs is 4. The molecule has 6 aliphatic carbocycles. The number of rotatable bonds is 26. The van der Waals surface area contributed by atoms with Gasteiger partial charge in [-0.3, -0.25) is 21.7 Å². The van der Waals surface area contributed by atoms with Gasteiger partial charge in [-0.05, 0) is 147 Å². The summed E-state index contributed by atoms with van der Waals surface area (Å²) in [6.07, 6.45) is 11.8. The topological polar surface area (TPSA) is 541 Å². The second-order valence-electron chi connectivity index (χ2n) is 31.6. The molecule has 41 heteroatoms. The highest BCUT2D eigenvalue weighted by Crippen LogP contribution is 2.48. The number of hydrogen-bond acceptors (Lipinski definition) is 29. The van der Waals surface area contributed by atoms with Gasteiger partial charge in [0.25, 0.3) is 0 Å². The van der Waals surface area contributed by atoms with Crippen molar-refractivity contribution in [2.24, 2.45) is 57.2 Å². The molecule has 0 spiro atoms. The molecule has 14 atom stereocenters. The number of ether oxygens (including phenoxy) is 1. The van der Waals surface area contributed by atoms with Gasteiger partial charge >= 0.3 is 41.2 Å². The maximum atomic E-state index is 11.0. The van der Waals surface area contributed by atoms with Gasteiger partial charge in [0.05, 0.1) is 61.9 Å². The van der Waals surface area contributed by atoms with Gasteiger partial charge in [-0.15, -0.1) is 0 Å². The Morgan fingerprint density at radius 1 is 0.555 bits per heavy atom. The minimum absolute atomic E-state index is 0.0626. The molecular weight excluding hydrogens is 1660 g/mol. The number of hydrogen-bond donors (Lipinski definition) is 12. The first-order valence-electron chi connectivity index (χ1n) is 38.7. The highest BCUT2D eigenvalue weighted by atomic mass is 35.5. The van der Waals surface area contributed by atoms with E-state index in [0.29, 0.717) is 109 Å². The van der Waals surface area contributed by atoms with E-state index in [-0.39, 0.29) is 85.7 Å². The number of anilines is 3. The van der Waals surface area contributed by atoms with Crippen LogP contribution in [0.1, 0.15) is 124 Å². The Hall–Kier alpha value is -8.69. The SMILES string of the molecule is CC1(C)C[C@H](Cc2cc(O[C@@H]3C[C@@H](COS(N)(=O)=O)[C@@H](O)C3)ccn2)c2ccc(Cl)cc21.Cn1c(-c2ccccc2)nc2ncnc(N[C@@H]3C[C@@H](COS(N)(=O)=O)[C@@H](O)C3)c21.NS(=O)(=O)OC[C@@H]1C[C@@H](Cc2cc(N[C@H]3CCc4ccccc43)ncn2)C[C@@H]1O.NS(=O)(=O)OC[C@@H]1C[C@@H](Nc2ncnc3nc(-c4ccccc4Cl)[nH]c23)C[C@@H]1O. The quantitative estimate of drug-likeness (QED) is 0.0250. The van der Waals surface area contributed by atoms with Crippen molar-refractivity contribution in [1.82, 2.24) is 54.4 Å². The minimum Gasteiger partial charge on any atom is -0.490 e. The van der Waals surface area contributed by atoms with Crippen LogP contribution in [0, 0.1) is 29.6 Å². The number of aliphatic hydroxyl groups is 4. The number of pyridine rings is 1. The molecule has 0 unspecified atom stereocenters. The Kier molecular flexibility index (Phi) is 27.9. The number of benzene rings is 4. The first-order valence-corrected chi connectivity index (χ1v) is 45.3. The molecule has 0 bridgehead atoms. The minimum atomic E-state index is -4.04. The summed E-state index contributed by atoms with van der Waals surface area (Å²) in [6.45, 7) is 3.93. The Bertz CT molecular complexity index is 5700. The van der Waals surface area contributed by atoms with Gasteiger partial charge in [0.2, 0.25) is 0 Å². The molecule has 16 rings (SSSR count). The third kappa shape index (κ3) is 23.7. The van der Waals surface area contributed by atoms with Crippen LogP contribution < -0.4 is 41.2 Å². The lowest BCUT2D eigenvalue weighted by atomic mass is 9.85. The number of imidazole rings is 2. The Morgan fingerprint density at radius 2 is 1.13 bits per heavy atom. The zero-order valence-electron chi connectivity index (χ0n) is 65.1. The van der Waals surface area contributed by atoms with Crippen LogP contribution in [0.4, 0.5) is 17.5 Å². The van der Waals surface area contributed by atoms with Crippen molar-refractivity contribution in [3.8, 4) is 28.5 Å². The summed E-state index contributed by atoms with van der Waals surface area (Å²) in [4.78, 5) is 42.7. The average Bonchev–Trinajstić information content (AvgIpc) is 1.62. The largest absolute Gasteiger partial charge is 0.490 e. The maximum Gasteiger partial charge on any atom is 0.333 e. The predicted molar refractivity (Wildman–Crippen MR) is 444 cm³/mol. The number of nitrogens with zero attached hydrogens (tertiary/aromatic N) is 10. The van der Waals surface area contributed by atoms with E-state index >= 15 is 0 Å². The molecule has 0 radical (unpaired) electrons. The van der Waals surface area contributed by atoms with E-state index in [1.807, 2.05) is 78.3 Å². The summed E-state index contributed by atoms with van der Waals surface area (Å²) < 4.78 is 115. The smallest absolute Gasteiger partial charge is 0.333 e. The molecule has 119 heavy (non-hydrogen) atoms. The first-order chi connectivity index (χ1) is 56.5. The zero-order chi connectivity index (χ0) is 84.7. The lowest BCUT2D eigenvalue weighted by molar-refractivity contribution is 0.0984. The van der Waals surface area contributed by atoms with Crippen molar-refractivity contribution >= 4 is 104 Å². The number of nitrogens with two attached hydrogens (primary N) is 4. The molecule has 16 N–H and O–H groups in total. The van der Waals surface area contributed by atoms with E-state index in [9.17, 15) is 54.1 Å². The van der Waals surface area contributed by atoms with Crippen LogP contribution in [-0.2, 0) is 89.7 Å². The van der Waals surface area contributed by atoms with Crippen molar-refractivity contribution < 1.29 is 75.6 Å². The fourth-order valence-corrected chi connectivity index (χ4v) is 18.7. The van der Waals surface area contributed by atoms with Gasteiger partial charge in [-0.1, -0.05) is 110 Å². The number of halogens is 2. The van der Waals surface area contributed by atoms with Crippen molar-refractivity contribution in [3.05, 3.63) is 184 Å². The van der Waals surface area contributed by atoms with E-state index in [0.717, 1.165) is 70.4 Å². The van der Waals surface area contributed by atoms with Gasteiger partial charge < -0.3 is 50.7 Å². The lowest BCUT2D eigenvalue weighted by Crippen LogP contribution is -2.24. The number of aromatic amines is 1. The van der Waals surface area contributed by atoms with E-state index in [1.54, 1.807) is 24.7 Å². The zero-order valence-corrected chi connectivity index (χ0v) is 69.9. The Morgan fingerprint density at radius 3 is 1.79 bits per heavy atom. The fourth-order valence-electron chi connectivity index (χ4n) is 16.9. The van der Waals surface area contributed by atoms with Crippen LogP contribution in [0.3, 0.4) is 0 Å². The van der Waals surface area contributed by atoms with Crippen LogP contribution in [-0.4, -0.2) is 178 Å². The predicted octanol–water partition coefficient (Wildman–Crippen LogP) is 7.45. The van der Waals surface area contributed by atoms with Crippen molar-refractivity contribution in [2.45, 2.75) is 157 Å². The molecule has 0 aliphatic heterocycles. The second kappa shape index (κ2) is 37.7. The molecule has 6 aliphatic rings. The van der Waals surface area contributed by atoms with Gasteiger partial charge in [0.1, 0.15) is 59.3 Å². The van der Waals surface area contributed by atoms with E-state index in [4.69, 9.17) is 48.5 Å². The number of nitrogens with one attached hydrogen (secondary N) is 4. The van der Waals surface area contributed by atoms with Gasteiger partial charge in [-0.2, -0.15) is 33.7 Å². The molecule has 10 aromatic rings. The van der Waals surface area contributed by atoms with Gasteiger partial charge in [0.15, 0.2) is 22.9 Å². The monoisotopic (exact) mass is 1750 g/mol. The molecule has 6 heterocycles. The second-order valence-corrected chi connectivity index (χ2v) is 37.3. The number of aromatic nitrogens is 11. The summed E-state index contributed by atoms with van der Waals surface area (Å²) in [7, 11) is -14.2. The van der Waals surface area contributed by atoms with Crippen LogP contribution >= 0.6 is 23.2 Å². The highest BCUT2D eigenvalue weighted by molar-refractivity contribution is 7.85. The van der Waals surface area contributed by atoms with Crippen LogP contribution in [0.2, 0.25) is 10.0 Å². The molecule has 638 valence electrons. The maximum absolute atomic E-state index is 11.0. The molecule has 0 amide bonds. The van der Waals surface area contributed by atoms with E-state index < -0.39 is 65.6 Å². The van der Waals surface area contributed by atoms with E-state index in [1.165, 1.54) is 34.9 Å². The van der Waals surface area contributed by atoms with Gasteiger partial charge in [0, 0.05) is 95.1 Å². The number of H-pyrrole nitrogens is 1. The molecule has 4 saturated carbocycles. The summed E-state index contributed by atoms with van der Waals surface area (Å²) in [5, 5.41) is 71.8. The molecule has 4 aromatic carbocycles.